The summed E-state index contributed by atoms with van der Waals surface area (Å²) >= 11 is 0. The number of halogens is 3. The van der Waals surface area contributed by atoms with Crippen LogP contribution in [0.1, 0.15) is 43.4 Å². The summed E-state index contributed by atoms with van der Waals surface area (Å²) in [7, 11) is 0. The van der Waals surface area contributed by atoms with Gasteiger partial charge in [-0.25, -0.2) is 0 Å². The Morgan fingerprint density at radius 1 is 1.28 bits per heavy atom. The van der Waals surface area contributed by atoms with Gasteiger partial charge in [0.15, 0.2) is 5.82 Å². The van der Waals surface area contributed by atoms with E-state index in [4.69, 9.17) is 0 Å². The van der Waals surface area contributed by atoms with Crippen LogP contribution in [-0.2, 0) is 11.0 Å². The van der Waals surface area contributed by atoms with Crippen molar-refractivity contribution in [1.82, 2.24) is 15.5 Å². The molecule has 8 heteroatoms. The van der Waals surface area contributed by atoms with Gasteiger partial charge in [0.05, 0.1) is 5.56 Å². The molecule has 0 radical (unpaired) electrons. The number of carbonyl (C=O) groups is 1. The lowest BCUT2D eigenvalue weighted by Crippen LogP contribution is -2.30. The first-order valence-electron chi connectivity index (χ1n) is 8.08. The summed E-state index contributed by atoms with van der Waals surface area (Å²) in [5, 5.41) is 12.9. The maximum absolute atomic E-state index is 12.8. The summed E-state index contributed by atoms with van der Waals surface area (Å²) in [5.74, 6) is 0.681. The summed E-state index contributed by atoms with van der Waals surface area (Å²) in [4.78, 5) is 11.1. The molecule has 1 aliphatic carbocycles. The van der Waals surface area contributed by atoms with Crippen molar-refractivity contribution in [2.24, 2.45) is 0 Å². The minimum absolute atomic E-state index is 0.0397. The Hall–Kier alpha value is -2.51. The van der Waals surface area contributed by atoms with Gasteiger partial charge in [-0.15, -0.1) is 0 Å². The number of hydrogen-bond acceptors (Lipinski definition) is 3. The van der Waals surface area contributed by atoms with Crippen LogP contribution in [-0.4, -0.2) is 22.1 Å². The summed E-state index contributed by atoms with van der Waals surface area (Å²) in [6.45, 7) is 1.50. The molecule has 1 fully saturated rings. The highest BCUT2D eigenvalue weighted by atomic mass is 19.4. The minimum atomic E-state index is -4.38. The Bertz CT molecular complexity index is 756. The molecular weight excluding hydrogens is 333 g/mol. The Labute approximate surface area is 143 Å². The molecule has 3 N–H and O–H groups in total. The van der Waals surface area contributed by atoms with Gasteiger partial charge in [0.1, 0.15) is 0 Å². The van der Waals surface area contributed by atoms with Gasteiger partial charge in [0.25, 0.3) is 0 Å². The van der Waals surface area contributed by atoms with E-state index in [0.717, 1.165) is 37.1 Å². The molecule has 0 aliphatic heterocycles. The molecule has 0 unspecified atom stereocenters. The number of nitrogens with zero attached hydrogens (tertiary/aromatic N) is 1. The standard InChI is InChI=1S/C17H19F3N4O/c1-10(25)21-14-6-5-11(7-14)15-9-16(24-23-15)22-13-4-2-3-12(8-13)17(18,19)20/h2-4,8-9,11,14H,5-7H2,1H3,(H,21,25)(H2,22,23,24)/t11-,14+/m0/s1. The molecule has 25 heavy (non-hydrogen) atoms. The van der Waals surface area contributed by atoms with Crippen molar-refractivity contribution in [3.63, 3.8) is 0 Å². The first-order chi connectivity index (χ1) is 11.8. The zero-order valence-corrected chi connectivity index (χ0v) is 13.7. The van der Waals surface area contributed by atoms with Crippen LogP contribution < -0.4 is 10.6 Å². The third kappa shape index (κ3) is 4.32. The molecular formula is C17H19F3N4O. The first-order valence-corrected chi connectivity index (χ1v) is 8.08. The van der Waals surface area contributed by atoms with E-state index in [2.05, 4.69) is 20.8 Å². The van der Waals surface area contributed by atoms with Gasteiger partial charge >= 0.3 is 6.18 Å². The van der Waals surface area contributed by atoms with Crippen molar-refractivity contribution in [1.29, 1.82) is 0 Å². The molecule has 1 amide bonds. The first kappa shape index (κ1) is 17.3. The highest BCUT2D eigenvalue weighted by Crippen LogP contribution is 2.35. The molecule has 3 rings (SSSR count). The summed E-state index contributed by atoms with van der Waals surface area (Å²) in [5.41, 5.74) is 0.542. The Morgan fingerprint density at radius 2 is 2.08 bits per heavy atom. The fourth-order valence-electron chi connectivity index (χ4n) is 3.21. The average Bonchev–Trinajstić information content (AvgIpc) is 3.15. The number of anilines is 2. The number of alkyl halides is 3. The minimum Gasteiger partial charge on any atom is -0.354 e. The number of hydrogen-bond donors (Lipinski definition) is 3. The van der Waals surface area contributed by atoms with Crippen LogP contribution in [0.25, 0.3) is 0 Å². The maximum Gasteiger partial charge on any atom is 0.416 e. The monoisotopic (exact) mass is 352 g/mol. The van der Waals surface area contributed by atoms with Gasteiger partial charge < -0.3 is 10.6 Å². The van der Waals surface area contributed by atoms with Crippen molar-refractivity contribution < 1.29 is 18.0 Å². The van der Waals surface area contributed by atoms with Gasteiger partial charge in [0.2, 0.25) is 5.91 Å². The molecule has 1 heterocycles. The predicted octanol–water partition coefficient (Wildman–Crippen LogP) is 3.94. The Balaban J connectivity index is 1.66. The second-order valence-corrected chi connectivity index (χ2v) is 6.32. The summed E-state index contributed by atoms with van der Waals surface area (Å²) < 4.78 is 38.3. The van der Waals surface area contributed by atoms with Crippen molar-refractivity contribution in [2.75, 3.05) is 5.32 Å². The van der Waals surface area contributed by atoms with E-state index in [-0.39, 0.29) is 17.9 Å². The van der Waals surface area contributed by atoms with Gasteiger partial charge in [-0.1, -0.05) is 6.07 Å². The van der Waals surface area contributed by atoms with Crippen LogP contribution in [0.3, 0.4) is 0 Å². The lowest BCUT2D eigenvalue weighted by Gasteiger charge is -2.10. The number of aromatic amines is 1. The van der Waals surface area contributed by atoms with E-state index in [1.807, 2.05) is 0 Å². The third-order valence-corrected chi connectivity index (χ3v) is 4.34. The third-order valence-electron chi connectivity index (χ3n) is 4.34. The lowest BCUT2D eigenvalue weighted by atomic mass is 10.0. The second-order valence-electron chi connectivity index (χ2n) is 6.32. The number of aromatic nitrogens is 2. The van der Waals surface area contributed by atoms with Gasteiger partial charge in [-0.3, -0.25) is 9.89 Å². The molecule has 1 aromatic heterocycles. The van der Waals surface area contributed by atoms with E-state index >= 15 is 0 Å². The average molecular weight is 352 g/mol. The Kier molecular flexibility index (Phi) is 4.69. The number of rotatable bonds is 4. The van der Waals surface area contributed by atoms with Crippen molar-refractivity contribution >= 4 is 17.4 Å². The van der Waals surface area contributed by atoms with Crippen LogP contribution in [0, 0.1) is 0 Å². The molecule has 2 atom stereocenters. The lowest BCUT2D eigenvalue weighted by molar-refractivity contribution is -0.137. The molecule has 134 valence electrons. The van der Waals surface area contributed by atoms with Crippen LogP contribution in [0.15, 0.2) is 30.3 Å². The largest absolute Gasteiger partial charge is 0.416 e. The van der Waals surface area contributed by atoms with Crippen molar-refractivity contribution in [2.45, 2.75) is 44.3 Å². The normalized spacial score (nSPS) is 20.5. The van der Waals surface area contributed by atoms with Gasteiger partial charge in [-0.05, 0) is 37.5 Å². The van der Waals surface area contributed by atoms with Crippen molar-refractivity contribution in [3.8, 4) is 0 Å². The number of amides is 1. The summed E-state index contributed by atoms with van der Waals surface area (Å²) in [6, 6.07) is 6.96. The highest BCUT2D eigenvalue weighted by molar-refractivity contribution is 5.73. The fourth-order valence-corrected chi connectivity index (χ4v) is 3.21. The van der Waals surface area contributed by atoms with Crippen LogP contribution >= 0.6 is 0 Å². The van der Waals surface area contributed by atoms with Gasteiger partial charge in [-0.2, -0.15) is 18.3 Å². The van der Waals surface area contributed by atoms with E-state index in [9.17, 15) is 18.0 Å². The van der Waals surface area contributed by atoms with Gasteiger partial charge in [0, 0.05) is 36.3 Å². The molecule has 0 saturated heterocycles. The fraction of sp³-hybridized carbons (Fsp3) is 0.412. The zero-order chi connectivity index (χ0) is 18.0. The number of nitrogens with one attached hydrogen (secondary N) is 3. The van der Waals surface area contributed by atoms with Crippen LogP contribution in [0.2, 0.25) is 0 Å². The molecule has 1 aliphatic rings. The molecule has 2 aromatic rings. The maximum atomic E-state index is 12.8. The van der Waals surface area contributed by atoms with E-state index < -0.39 is 11.7 Å². The van der Waals surface area contributed by atoms with E-state index in [1.165, 1.54) is 13.0 Å². The van der Waals surface area contributed by atoms with Crippen molar-refractivity contribution in [3.05, 3.63) is 41.6 Å². The molecule has 0 spiro atoms. The second kappa shape index (κ2) is 6.78. The summed E-state index contributed by atoms with van der Waals surface area (Å²) in [6.07, 6.45) is -1.72. The molecule has 5 nitrogen and oxygen atoms in total. The van der Waals surface area contributed by atoms with E-state index in [1.54, 1.807) is 12.1 Å². The van der Waals surface area contributed by atoms with Crippen LogP contribution in [0.4, 0.5) is 24.7 Å². The molecule has 1 aromatic carbocycles. The predicted molar refractivity (Wildman–Crippen MR) is 87.5 cm³/mol. The SMILES string of the molecule is CC(=O)N[C@@H]1CC[C@H](c2cc(Nc3cccc(C(F)(F)F)c3)n[nH]2)C1. The smallest absolute Gasteiger partial charge is 0.354 e. The number of carbonyl (C=O) groups excluding carboxylic acids is 1. The van der Waals surface area contributed by atoms with Crippen LogP contribution in [0.5, 0.6) is 0 Å². The van der Waals surface area contributed by atoms with E-state index in [0.29, 0.717) is 11.5 Å². The quantitative estimate of drug-likeness (QED) is 0.780. The molecule has 0 bridgehead atoms. The topological polar surface area (TPSA) is 69.8 Å². The number of H-pyrrole nitrogens is 1. The number of benzene rings is 1. The highest BCUT2D eigenvalue weighted by Gasteiger charge is 2.30. The molecule has 1 saturated carbocycles. The Morgan fingerprint density at radius 3 is 2.80 bits per heavy atom. The zero-order valence-electron chi connectivity index (χ0n) is 13.7.